The molecule has 1 N–H and O–H groups in total. The van der Waals surface area contributed by atoms with Gasteiger partial charge in [-0.05, 0) is 30.5 Å². The Balaban J connectivity index is 2.14. The lowest BCUT2D eigenvalue weighted by atomic mass is 10.0. The minimum atomic E-state index is 0.0317. The number of H-pyrrole nitrogens is 1. The summed E-state index contributed by atoms with van der Waals surface area (Å²) >= 11 is 1.58. The smallest absolute Gasteiger partial charge is 0.196 e. The van der Waals surface area contributed by atoms with Crippen molar-refractivity contribution in [3.05, 3.63) is 59.9 Å². The van der Waals surface area contributed by atoms with E-state index in [1.165, 1.54) is 0 Å². The second-order valence-corrected chi connectivity index (χ2v) is 4.98. The Morgan fingerprint density at radius 3 is 2.84 bits per heavy atom. The van der Waals surface area contributed by atoms with Crippen molar-refractivity contribution in [1.82, 2.24) is 9.97 Å². The molecular weight excluding hydrogens is 256 g/mol. The molecule has 0 fully saturated rings. The van der Waals surface area contributed by atoms with Gasteiger partial charge in [0.1, 0.15) is 5.65 Å². The van der Waals surface area contributed by atoms with Gasteiger partial charge in [-0.3, -0.25) is 4.79 Å². The molecule has 0 saturated carbocycles. The van der Waals surface area contributed by atoms with Crippen LogP contribution in [0.2, 0.25) is 0 Å². The summed E-state index contributed by atoms with van der Waals surface area (Å²) in [6, 6.07) is 11.4. The van der Waals surface area contributed by atoms with E-state index in [-0.39, 0.29) is 5.78 Å². The van der Waals surface area contributed by atoms with Crippen LogP contribution in [0.25, 0.3) is 11.0 Å². The van der Waals surface area contributed by atoms with Gasteiger partial charge in [0.2, 0.25) is 0 Å². The predicted octanol–water partition coefficient (Wildman–Crippen LogP) is 3.52. The van der Waals surface area contributed by atoms with E-state index >= 15 is 0 Å². The van der Waals surface area contributed by atoms with Gasteiger partial charge in [0.25, 0.3) is 0 Å². The highest BCUT2D eigenvalue weighted by molar-refractivity contribution is 7.98. The zero-order chi connectivity index (χ0) is 13.2. The van der Waals surface area contributed by atoms with Crippen LogP contribution < -0.4 is 0 Å². The molecule has 0 bridgehead atoms. The number of fused-ring (bicyclic) bond motifs is 1. The Morgan fingerprint density at radius 1 is 1.16 bits per heavy atom. The summed E-state index contributed by atoms with van der Waals surface area (Å²) in [5.41, 5.74) is 2.15. The van der Waals surface area contributed by atoms with E-state index in [4.69, 9.17) is 0 Å². The first-order valence-electron chi connectivity index (χ1n) is 5.91. The number of ketones is 1. The molecule has 0 unspecified atom stereocenters. The van der Waals surface area contributed by atoms with Gasteiger partial charge in [-0.2, -0.15) is 0 Å². The van der Waals surface area contributed by atoms with Gasteiger partial charge in [-0.25, -0.2) is 4.98 Å². The normalized spacial score (nSPS) is 10.8. The summed E-state index contributed by atoms with van der Waals surface area (Å²) in [5, 5.41) is 0.864. The van der Waals surface area contributed by atoms with Crippen LogP contribution in [0.4, 0.5) is 0 Å². The monoisotopic (exact) mass is 268 g/mol. The Bertz CT molecular complexity index is 748. The van der Waals surface area contributed by atoms with Crippen LogP contribution in [0.1, 0.15) is 15.9 Å². The molecule has 2 heterocycles. The summed E-state index contributed by atoms with van der Waals surface area (Å²) in [5.74, 6) is 0.0317. The molecule has 2 aromatic heterocycles. The van der Waals surface area contributed by atoms with Gasteiger partial charge in [-0.15, -0.1) is 11.8 Å². The number of nitrogens with one attached hydrogen (secondary N) is 1. The van der Waals surface area contributed by atoms with Gasteiger partial charge < -0.3 is 4.98 Å². The van der Waals surface area contributed by atoms with E-state index in [0.29, 0.717) is 5.56 Å². The van der Waals surface area contributed by atoms with Gasteiger partial charge in [-0.1, -0.05) is 12.1 Å². The molecule has 0 aliphatic heterocycles. The number of hydrogen-bond donors (Lipinski definition) is 1. The van der Waals surface area contributed by atoms with E-state index in [1.807, 2.05) is 42.7 Å². The molecule has 4 heteroatoms. The molecule has 3 aromatic rings. The highest BCUT2D eigenvalue weighted by atomic mass is 32.2. The molecule has 0 saturated heterocycles. The summed E-state index contributed by atoms with van der Waals surface area (Å²) in [4.78, 5) is 20.9. The third kappa shape index (κ3) is 2.04. The Hall–Kier alpha value is -2.07. The number of benzene rings is 1. The zero-order valence-corrected chi connectivity index (χ0v) is 11.2. The standard InChI is InChI=1S/C15H12N2OS/c1-19-13-7-3-2-5-11(13)14(18)12-9-17-15-10(12)6-4-8-16-15/h2-9H,1H3,(H,16,17). The Kier molecular flexibility index (Phi) is 3.09. The van der Waals surface area contributed by atoms with E-state index in [9.17, 15) is 4.79 Å². The number of carbonyl (C=O) groups is 1. The van der Waals surface area contributed by atoms with Crippen molar-refractivity contribution < 1.29 is 4.79 Å². The average Bonchev–Trinajstić information content (AvgIpc) is 2.90. The maximum absolute atomic E-state index is 12.6. The number of aromatic nitrogens is 2. The molecule has 0 aliphatic carbocycles. The summed E-state index contributed by atoms with van der Waals surface area (Å²) in [6.07, 6.45) is 5.42. The summed E-state index contributed by atoms with van der Waals surface area (Å²) in [7, 11) is 0. The van der Waals surface area contributed by atoms with Crippen LogP contribution >= 0.6 is 11.8 Å². The molecule has 0 atom stereocenters. The number of thioether (sulfide) groups is 1. The van der Waals surface area contributed by atoms with Gasteiger partial charge >= 0.3 is 0 Å². The van der Waals surface area contributed by atoms with Crippen LogP contribution in [-0.4, -0.2) is 22.0 Å². The first-order chi connectivity index (χ1) is 9.31. The first kappa shape index (κ1) is 12.0. The lowest BCUT2D eigenvalue weighted by molar-refractivity contribution is 0.103. The van der Waals surface area contributed by atoms with Crippen molar-refractivity contribution in [2.75, 3.05) is 6.26 Å². The maximum Gasteiger partial charge on any atom is 0.196 e. The van der Waals surface area contributed by atoms with Crippen molar-refractivity contribution in [2.24, 2.45) is 0 Å². The molecule has 0 aliphatic rings. The maximum atomic E-state index is 12.6. The minimum Gasteiger partial charge on any atom is -0.345 e. The largest absolute Gasteiger partial charge is 0.345 e. The lowest BCUT2D eigenvalue weighted by Gasteiger charge is -2.05. The van der Waals surface area contributed by atoms with E-state index in [0.717, 1.165) is 21.5 Å². The van der Waals surface area contributed by atoms with Crippen molar-refractivity contribution in [2.45, 2.75) is 4.90 Å². The number of rotatable bonds is 3. The third-order valence-electron chi connectivity index (χ3n) is 3.05. The van der Waals surface area contributed by atoms with E-state index in [1.54, 1.807) is 24.2 Å². The average molecular weight is 268 g/mol. The molecule has 3 nitrogen and oxygen atoms in total. The summed E-state index contributed by atoms with van der Waals surface area (Å²) < 4.78 is 0. The fourth-order valence-corrected chi connectivity index (χ4v) is 2.72. The number of pyridine rings is 1. The molecule has 0 spiro atoms. The van der Waals surface area contributed by atoms with Crippen molar-refractivity contribution in [3.8, 4) is 0 Å². The highest BCUT2D eigenvalue weighted by Crippen LogP contribution is 2.25. The number of aromatic amines is 1. The molecule has 0 amide bonds. The topological polar surface area (TPSA) is 45.8 Å². The van der Waals surface area contributed by atoms with Gasteiger partial charge in [0, 0.05) is 33.8 Å². The molecule has 1 aromatic carbocycles. The van der Waals surface area contributed by atoms with Crippen molar-refractivity contribution >= 4 is 28.6 Å². The fourth-order valence-electron chi connectivity index (χ4n) is 2.12. The molecule has 3 rings (SSSR count). The van der Waals surface area contributed by atoms with Crippen LogP contribution in [0.15, 0.2) is 53.7 Å². The zero-order valence-electron chi connectivity index (χ0n) is 10.4. The van der Waals surface area contributed by atoms with Gasteiger partial charge in [0.15, 0.2) is 5.78 Å². The molecular formula is C15H12N2OS. The quantitative estimate of drug-likeness (QED) is 0.584. The Morgan fingerprint density at radius 2 is 2.00 bits per heavy atom. The molecule has 19 heavy (non-hydrogen) atoms. The summed E-state index contributed by atoms with van der Waals surface area (Å²) in [6.45, 7) is 0. The minimum absolute atomic E-state index is 0.0317. The number of nitrogens with zero attached hydrogens (tertiary/aromatic N) is 1. The molecule has 0 radical (unpaired) electrons. The SMILES string of the molecule is CSc1ccccc1C(=O)c1c[nH]c2ncccc12. The van der Waals surface area contributed by atoms with Gasteiger partial charge in [0.05, 0.1) is 0 Å². The number of hydrogen-bond acceptors (Lipinski definition) is 3. The highest BCUT2D eigenvalue weighted by Gasteiger charge is 2.16. The second kappa shape index (κ2) is 4.90. The fraction of sp³-hybridized carbons (Fsp3) is 0.0667. The molecule has 94 valence electrons. The lowest BCUT2D eigenvalue weighted by Crippen LogP contribution is -2.02. The van der Waals surface area contributed by atoms with Crippen molar-refractivity contribution in [3.63, 3.8) is 0 Å². The van der Waals surface area contributed by atoms with Crippen LogP contribution in [0.3, 0.4) is 0 Å². The predicted molar refractivity (Wildman–Crippen MR) is 77.7 cm³/mol. The van der Waals surface area contributed by atoms with E-state index < -0.39 is 0 Å². The second-order valence-electron chi connectivity index (χ2n) is 4.13. The van der Waals surface area contributed by atoms with Crippen LogP contribution in [-0.2, 0) is 0 Å². The number of carbonyl (C=O) groups excluding carboxylic acids is 1. The van der Waals surface area contributed by atoms with Crippen LogP contribution in [0, 0.1) is 0 Å². The van der Waals surface area contributed by atoms with Crippen LogP contribution in [0.5, 0.6) is 0 Å². The van der Waals surface area contributed by atoms with Crippen molar-refractivity contribution in [1.29, 1.82) is 0 Å². The first-order valence-corrected chi connectivity index (χ1v) is 7.13. The van der Waals surface area contributed by atoms with E-state index in [2.05, 4.69) is 9.97 Å². The Labute approximate surface area is 115 Å². The third-order valence-corrected chi connectivity index (χ3v) is 3.84.